The Hall–Kier alpha value is -0.171. The molecular weight excluding hydrogens is 106 g/mol. The van der Waals surface area contributed by atoms with Gasteiger partial charge in [0.2, 0.25) is 0 Å². The molecular formula is CuN3. The predicted molar refractivity (Wildman–Crippen MR) is 9.15 cm³/mol. The van der Waals surface area contributed by atoms with Gasteiger partial charge in [-0.2, -0.15) is 0 Å². The molecule has 0 unspecified atom stereocenters. The molecule has 0 saturated carbocycles. The van der Waals surface area contributed by atoms with Crippen molar-refractivity contribution < 1.29 is 16.2 Å². The van der Waals surface area contributed by atoms with Crippen LogP contribution in [0.15, 0.2) is 4.13 Å². The van der Waals surface area contributed by atoms with Crippen molar-refractivity contribution in [2.45, 2.75) is 0 Å². The minimum absolute atomic E-state index is 2.17. The summed E-state index contributed by atoms with van der Waals surface area (Å²) >= 11 is 3.88. The second-order valence-electron chi connectivity index (χ2n) is 0.150. The first-order valence-electron chi connectivity index (χ1n) is 0.535. The Kier molecular flexibility index (Phi) is 2.71. The normalized spacial score (nSPS) is 4.50. The van der Waals surface area contributed by atoms with E-state index in [4.69, 9.17) is 5.53 Å². The molecule has 0 rings (SSSR count). The van der Waals surface area contributed by atoms with E-state index >= 15 is 0 Å². The summed E-state index contributed by atoms with van der Waals surface area (Å²) < 4.78 is 2.48. The first-order chi connectivity index (χ1) is 1.91. The van der Waals surface area contributed by atoms with Crippen LogP contribution in [-0.4, -0.2) is 0 Å². The monoisotopic (exact) mass is 105 g/mol. The molecule has 0 aliphatic carbocycles. The molecule has 0 bridgehead atoms. The van der Waals surface area contributed by atoms with Gasteiger partial charge in [0, 0.05) is 0 Å². The summed E-state index contributed by atoms with van der Waals surface area (Å²) in [5, 5.41) is 0. The molecule has 0 amide bonds. The zero-order chi connectivity index (χ0) is 3.41. The van der Waals surface area contributed by atoms with Gasteiger partial charge in [-0.3, -0.25) is 0 Å². The van der Waals surface area contributed by atoms with Crippen LogP contribution in [0.5, 0.6) is 0 Å². The topological polar surface area (TPSA) is 48.8 Å². The fourth-order valence-corrected chi connectivity index (χ4v) is 0. The SMILES string of the molecule is [N-]=[N+]=[N][Cu]. The molecule has 0 N–H and O–H groups in total. The van der Waals surface area contributed by atoms with Crippen LogP contribution >= 0.6 is 0 Å². The Labute approximate surface area is 31.7 Å². The number of nitrogens with zero attached hydrogens (tertiary/aromatic N) is 3. The summed E-state index contributed by atoms with van der Waals surface area (Å²) in [6.07, 6.45) is 0. The van der Waals surface area contributed by atoms with Crippen molar-refractivity contribution in [3.63, 3.8) is 0 Å². The molecule has 0 heterocycles. The third kappa shape index (κ3) is 1.83. The molecule has 0 spiro atoms. The van der Waals surface area contributed by atoms with E-state index in [0.717, 1.165) is 0 Å². The molecule has 26 valence electrons. The molecule has 0 aromatic carbocycles. The van der Waals surface area contributed by atoms with Crippen molar-refractivity contribution in [3.05, 3.63) is 10.4 Å². The van der Waals surface area contributed by atoms with E-state index in [-0.39, 0.29) is 0 Å². The summed E-state index contributed by atoms with van der Waals surface area (Å²) in [5.74, 6) is 0. The van der Waals surface area contributed by atoms with Crippen molar-refractivity contribution >= 4 is 0 Å². The van der Waals surface area contributed by atoms with Crippen molar-refractivity contribution in [2.24, 2.45) is 4.13 Å². The van der Waals surface area contributed by atoms with Gasteiger partial charge in [-0.1, -0.05) is 0 Å². The molecule has 4 heavy (non-hydrogen) atoms. The summed E-state index contributed by atoms with van der Waals surface area (Å²) in [5.41, 5.74) is 7.22. The van der Waals surface area contributed by atoms with E-state index in [1.807, 2.05) is 0 Å². The Morgan fingerprint density at radius 1 is 2.00 bits per heavy atom. The van der Waals surface area contributed by atoms with Gasteiger partial charge in [-0.15, -0.1) is 0 Å². The number of hydrogen-bond donors (Lipinski definition) is 0. The van der Waals surface area contributed by atoms with E-state index in [1.165, 1.54) is 0 Å². The quantitative estimate of drug-likeness (QED) is 0.189. The van der Waals surface area contributed by atoms with Gasteiger partial charge in [0.05, 0.1) is 0 Å². The Morgan fingerprint density at radius 2 is 2.25 bits per heavy atom. The molecule has 0 aliphatic rings. The van der Waals surface area contributed by atoms with Crippen LogP contribution in [0.3, 0.4) is 0 Å². The summed E-state index contributed by atoms with van der Waals surface area (Å²) in [4.78, 5) is 2.17. The summed E-state index contributed by atoms with van der Waals surface area (Å²) in [6.45, 7) is 0. The van der Waals surface area contributed by atoms with Gasteiger partial charge in [0.15, 0.2) is 0 Å². The second-order valence-corrected chi connectivity index (χ2v) is 0.338. The van der Waals surface area contributed by atoms with Gasteiger partial charge in [0.25, 0.3) is 0 Å². The van der Waals surface area contributed by atoms with Crippen molar-refractivity contribution in [2.75, 3.05) is 0 Å². The zero-order valence-electron chi connectivity index (χ0n) is 1.64. The van der Waals surface area contributed by atoms with Gasteiger partial charge >= 0.3 is 30.8 Å². The molecule has 0 aromatic heterocycles. The first kappa shape index (κ1) is 3.83. The molecule has 0 atom stereocenters. The van der Waals surface area contributed by atoms with Gasteiger partial charge < -0.3 is 0 Å². The second kappa shape index (κ2) is 2.83. The molecule has 0 aliphatic heterocycles. The molecule has 0 fully saturated rings. The number of hydrogen-bond acceptors (Lipinski definition) is 1. The Balaban J connectivity index is 3.11. The van der Waals surface area contributed by atoms with Crippen LogP contribution in [-0.2, 0) is 16.2 Å². The third-order valence-corrected chi connectivity index (χ3v) is 0.111. The van der Waals surface area contributed by atoms with Crippen LogP contribution in [0.2, 0.25) is 0 Å². The number of azide groups is 1. The van der Waals surface area contributed by atoms with Gasteiger partial charge in [0.1, 0.15) is 0 Å². The minimum atomic E-state index is 2.17. The number of rotatable bonds is 0. The maximum absolute atomic E-state index is 7.22. The third-order valence-electron chi connectivity index (χ3n) is 0.0270. The average Bonchev–Trinajstić information content (AvgIpc) is 1.37. The van der Waals surface area contributed by atoms with Crippen LogP contribution in [0.4, 0.5) is 0 Å². The summed E-state index contributed by atoms with van der Waals surface area (Å²) in [7, 11) is 0. The van der Waals surface area contributed by atoms with E-state index in [2.05, 4.69) is 25.3 Å². The molecule has 0 saturated heterocycles. The first-order valence-corrected chi connectivity index (χ1v) is 0.956. The van der Waals surface area contributed by atoms with Gasteiger partial charge in [-0.05, 0) is 0 Å². The fourth-order valence-electron chi connectivity index (χ4n) is 0. The van der Waals surface area contributed by atoms with E-state index in [1.54, 1.807) is 0 Å². The standard InChI is InChI=1S/Cu.N3/c;1-3-2/q+1;-1. The van der Waals surface area contributed by atoms with Crippen LogP contribution in [0.25, 0.3) is 10.4 Å². The van der Waals surface area contributed by atoms with Crippen LogP contribution < -0.4 is 0 Å². The molecule has 4 heteroatoms. The van der Waals surface area contributed by atoms with Gasteiger partial charge in [-0.25, -0.2) is 0 Å². The van der Waals surface area contributed by atoms with E-state index in [0.29, 0.717) is 0 Å². The zero-order valence-corrected chi connectivity index (χ0v) is 2.58. The maximum atomic E-state index is 7.22. The fraction of sp³-hybridized carbons (Fsp3) is 0. The average molecular weight is 106 g/mol. The summed E-state index contributed by atoms with van der Waals surface area (Å²) in [6, 6.07) is 0. The van der Waals surface area contributed by atoms with E-state index < -0.39 is 0 Å². The Morgan fingerprint density at radius 3 is 2.25 bits per heavy atom. The predicted octanol–water partition coefficient (Wildman–Crippen LogP) is 0.759. The van der Waals surface area contributed by atoms with Crippen LogP contribution in [0.1, 0.15) is 0 Å². The van der Waals surface area contributed by atoms with Crippen LogP contribution in [0, 0.1) is 0 Å². The van der Waals surface area contributed by atoms with Crippen molar-refractivity contribution in [3.8, 4) is 0 Å². The molecule has 0 aromatic rings. The Bertz CT molecular complexity index is 41.2. The van der Waals surface area contributed by atoms with Crippen molar-refractivity contribution in [1.82, 2.24) is 0 Å². The molecule has 0 radical (unpaired) electrons. The van der Waals surface area contributed by atoms with Crippen molar-refractivity contribution in [1.29, 1.82) is 0 Å². The molecule has 3 nitrogen and oxygen atoms in total. The van der Waals surface area contributed by atoms with E-state index in [9.17, 15) is 0 Å².